The van der Waals surface area contributed by atoms with Gasteiger partial charge in [-0.1, -0.05) is 17.7 Å². The Morgan fingerprint density at radius 2 is 1.79 bits per heavy atom. The molecule has 4 N–H and O–H groups in total. The molecular formula is C26H31ClN4O6S2. The van der Waals surface area contributed by atoms with Gasteiger partial charge in [-0.15, -0.1) is 11.3 Å². The first kappa shape index (κ1) is 29.3. The molecule has 3 aromatic rings. The average molecular weight is 595 g/mol. The number of halogens is 1. The van der Waals surface area contributed by atoms with Crippen molar-refractivity contribution in [3.8, 4) is 5.69 Å². The number of amides is 2. The van der Waals surface area contributed by atoms with E-state index in [1.807, 2.05) is 0 Å². The molecule has 39 heavy (non-hydrogen) atoms. The molecule has 1 aliphatic rings. The van der Waals surface area contributed by atoms with Crippen molar-refractivity contribution >= 4 is 45.3 Å². The van der Waals surface area contributed by atoms with Gasteiger partial charge in [-0.05, 0) is 42.5 Å². The SMILES string of the molecule is O=C(NC(CNC(=O)c1ccc(Cl)s1)COCCN1CCS(O)(O)CC1)c1ccc(-n2ccccc2=O)cc1. The maximum absolute atomic E-state index is 13.0. The minimum absolute atomic E-state index is 0.141. The van der Waals surface area contributed by atoms with E-state index in [1.54, 1.807) is 54.7 Å². The van der Waals surface area contributed by atoms with Crippen molar-refractivity contribution in [1.29, 1.82) is 0 Å². The van der Waals surface area contributed by atoms with Gasteiger partial charge in [0, 0.05) is 49.7 Å². The first-order valence-corrected chi connectivity index (χ1v) is 15.4. The molecule has 0 saturated carbocycles. The van der Waals surface area contributed by atoms with Crippen LogP contribution in [0.15, 0.2) is 65.6 Å². The smallest absolute Gasteiger partial charge is 0.261 e. The molecule has 2 aromatic heterocycles. The molecule has 1 aromatic carbocycles. The van der Waals surface area contributed by atoms with Gasteiger partial charge in [0.2, 0.25) is 0 Å². The number of ether oxygens (including phenoxy) is 1. The molecule has 1 aliphatic heterocycles. The van der Waals surface area contributed by atoms with Crippen LogP contribution in [-0.2, 0) is 4.74 Å². The van der Waals surface area contributed by atoms with E-state index in [4.69, 9.17) is 16.3 Å². The van der Waals surface area contributed by atoms with E-state index in [0.717, 1.165) is 0 Å². The molecular weight excluding hydrogens is 564 g/mol. The molecule has 2 amide bonds. The molecule has 4 rings (SSSR count). The lowest BCUT2D eigenvalue weighted by Gasteiger charge is -2.40. The number of carbonyl (C=O) groups is 2. The summed E-state index contributed by atoms with van der Waals surface area (Å²) >= 11 is 7.11. The average Bonchev–Trinajstić information content (AvgIpc) is 3.37. The summed E-state index contributed by atoms with van der Waals surface area (Å²) in [5.74, 6) is 0.0888. The normalized spacial score (nSPS) is 16.8. The molecule has 1 fully saturated rings. The number of nitrogens with one attached hydrogen (secondary N) is 2. The van der Waals surface area contributed by atoms with Crippen molar-refractivity contribution in [3.05, 3.63) is 85.9 Å². The lowest BCUT2D eigenvalue weighted by molar-refractivity contribution is 0.0743. The van der Waals surface area contributed by atoms with Crippen LogP contribution in [0.3, 0.4) is 0 Å². The molecule has 0 radical (unpaired) electrons. The third-order valence-corrected chi connectivity index (χ3v) is 9.11. The van der Waals surface area contributed by atoms with Gasteiger partial charge in [-0.25, -0.2) is 0 Å². The Hall–Kier alpha value is -2.71. The van der Waals surface area contributed by atoms with Gasteiger partial charge in [-0.2, -0.15) is 10.6 Å². The molecule has 13 heteroatoms. The van der Waals surface area contributed by atoms with Crippen LogP contribution in [0.25, 0.3) is 5.69 Å². The molecule has 1 saturated heterocycles. The van der Waals surface area contributed by atoms with E-state index in [1.165, 1.54) is 22.0 Å². The summed E-state index contributed by atoms with van der Waals surface area (Å²) < 4.78 is 27.4. The van der Waals surface area contributed by atoms with Crippen molar-refractivity contribution in [2.24, 2.45) is 0 Å². The monoisotopic (exact) mass is 594 g/mol. The standard InChI is InChI=1S/C26H31ClN4O6S2/c27-23-9-8-22(38-23)26(34)28-17-20(18-37-14-11-30-12-15-39(35,36)16-13-30)29-25(33)19-4-6-21(7-5-19)31-10-2-1-3-24(31)32/h1-10,20,35-36H,11-18H2,(H,28,34)(H,29,33). The second-order valence-electron chi connectivity index (χ2n) is 9.07. The van der Waals surface area contributed by atoms with Crippen LogP contribution in [-0.4, -0.2) is 87.3 Å². The molecule has 0 bridgehead atoms. The fraction of sp³-hybridized carbons (Fsp3) is 0.346. The fourth-order valence-corrected chi connectivity index (χ4v) is 6.25. The lowest BCUT2D eigenvalue weighted by atomic mass is 10.1. The highest BCUT2D eigenvalue weighted by Crippen LogP contribution is 2.40. The molecule has 0 aliphatic carbocycles. The number of rotatable bonds is 11. The van der Waals surface area contributed by atoms with Gasteiger partial charge in [-0.3, -0.25) is 33.0 Å². The van der Waals surface area contributed by atoms with E-state index < -0.39 is 16.6 Å². The van der Waals surface area contributed by atoms with Gasteiger partial charge >= 0.3 is 0 Å². The molecule has 10 nitrogen and oxygen atoms in total. The van der Waals surface area contributed by atoms with Gasteiger partial charge < -0.3 is 15.4 Å². The van der Waals surface area contributed by atoms with Crippen LogP contribution >= 0.6 is 33.5 Å². The number of nitrogens with zero attached hydrogens (tertiary/aromatic N) is 2. The first-order valence-electron chi connectivity index (χ1n) is 12.4. The van der Waals surface area contributed by atoms with Crippen LogP contribution in [0.1, 0.15) is 20.0 Å². The lowest BCUT2D eigenvalue weighted by Crippen LogP contribution is -2.47. The maximum atomic E-state index is 13.0. The largest absolute Gasteiger partial charge is 0.378 e. The van der Waals surface area contributed by atoms with E-state index in [-0.39, 0.29) is 30.5 Å². The maximum Gasteiger partial charge on any atom is 0.261 e. The predicted octanol–water partition coefficient (Wildman–Crippen LogP) is 3.16. The summed E-state index contributed by atoms with van der Waals surface area (Å²) in [7, 11) is -2.45. The molecule has 3 heterocycles. The Morgan fingerprint density at radius 1 is 1.05 bits per heavy atom. The number of carbonyl (C=O) groups excluding carboxylic acids is 2. The zero-order chi connectivity index (χ0) is 27.8. The van der Waals surface area contributed by atoms with Crippen LogP contribution in [0, 0.1) is 0 Å². The van der Waals surface area contributed by atoms with Crippen molar-refractivity contribution in [2.45, 2.75) is 6.04 Å². The Morgan fingerprint density at radius 3 is 2.46 bits per heavy atom. The number of pyridine rings is 1. The van der Waals surface area contributed by atoms with Gasteiger partial charge in [0.1, 0.15) is 0 Å². The number of hydrogen-bond acceptors (Lipinski definition) is 8. The minimum Gasteiger partial charge on any atom is -0.378 e. The zero-order valence-corrected chi connectivity index (χ0v) is 23.5. The van der Waals surface area contributed by atoms with E-state index >= 15 is 0 Å². The molecule has 210 valence electrons. The Kier molecular flexibility index (Phi) is 10.2. The minimum atomic E-state index is -2.45. The van der Waals surface area contributed by atoms with E-state index in [2.05, 4.69) is 15.5 Å². The summed E-state index contributed by atoms with van der Waals surface area (Å²) in [6, 6.07) is 14.3. The third kappa shape index (κ3) is 8.64. The predicted molar refractivity (Wildman–Crippen MR) is 155 cm³/mol. The second-order valence-corrected chi connectivity index (χ2v) is 13.2. The summed E-state index contributed by atoms with van der Waals surface area (Å²) in [5.41, 5.74) is 0.863. The number of hydrogen-bond donors (Lipinski definition) is 4. The summed E-state index contributed by atoms with van der Waals surface area (Å²) in [5, 5.41) is 5.74. The van der Waals surface area contributed by atoms with E-state index in [9.17, 15) is 23.5 Å². The second kappa shape index (κ2) is 13.6. The van der Waals surface area contributed by atoms with Gasteiger partial charge in [0.25, 0.3) is 17.4 Å². The van der Waals surface area contributed by atoms with Crippen LogP contribution in [0.4, 0.5) is 0 Å². The van der Waals surface area contributed by atoms with Crippen molar-refractivity contribution in [3.63, 3.8) is 0 Å². The summed E-state index contributed by atoms with van der Waals surface area (Å²) in [6.45, 7) is 2.50. The Bertz CT molecular complexity index is 1320. The number of benzene rings is 1. The Labute approximate surface area is 236 Å². The quantitative estimate of drug-likeness (QED) is 0.251. The molecule has 1 atom stereocenters. The molecule has 0 spiro atoms. The highest BCUT2D eigenvalue weighted by atomic mass is 35.5. The topological polar surface area (TPSA) is 133 Å². The van der Waals surface area contributed by atoms with Crippen molar-refractivity contribution < 1.29 is 23.4 Å². The number of aromatic nitrogens is 1. The third-order valence-electron chi connectivity index (χ3n) is 6.21. The zero-order valence-electron chi connectivity index (χ0n) is 21.1. The van der Waals surface area contributed by atoms with E-state index in [0.29, 0.717) is 58.2 Å². The van der Waals surface area contributed by atoms with Crippen LogP contribution < -0.4 is 16.2 Å². The van der Waals surface area contributed by atoms with Crippen molar-refractivity contribution in [2.75, 3.05) is 50.9 Å². The fourth-order valence-electron chi connectivity index (χ4n) is 3.98. The first-order chi connectivity index (χ1) is 18.7. The highest BCUT2D eigenvalue weighted by Gasteiger charge is 2.22. The van der Waals surface area contributed by atoms with Crippen molar-refractivity contribution in [1.82, 2.24) is 20.1 Å². The van der Waals surface area contributed by atoms with Crippen LogP contribution in [0.2, 0.25) is 4.34 Å². The Balaban J connectivity index is 1.34. The van der Waals surface area contributed by atoms with Crippen LogP contribution in [0.5, 0.6) is 0 Å². The highest BCUT2D eigenvalue weighted by molar-refractivity contribution is 8.24. The molecule has 1 unspecified atom stereocenters. The number of thiophene rings is 1. The summed E-state index contributed by atoms with van der Waals surface area (Å²) in [4.78, 5) is 40.2. The summed E-state index contributed by atoms with van der Waals surface area (Å²) in [6.07, 6.45) is 1.66. The van der Waals surface area contributed by atoms with Gasteiger partial charge in [0.15, 0.2) is 0 Å². The van der Waals surface area contributed by atoms with Gasteiger partial charge in [0.05, 0.1) is 40.0 Å².